The molecule has 1 fully saturated rings. The SMILES string of the molecule is Cc1cc(Br)ccc1N1C(=O)NC(=O)/C(=C/c2ccc(OCc3ccccc3F)c(Cl)c2)C1=O. The number of rotatable bonds is 5. The number of hydrogen-bond donors (Lipinski definition) is 1. The van der Waals surface area contributed by atoms with Gasteiger partial charge < -0.3 is 4.74 Å². The molecule has 0 aliphatic carbocycles. The molecule has 4 amide bonds. The maximum absolute atomic E-state index is 13.8. The van der Waals surface area contributed by atoms with E-state index >= 15 is 0 Å². The smallest absolute Gasteiger partial charge is 0.335 e. The summed E-state index contributed by atoms with van der Waals surface area (Å²) >= 11 is 9.65. The number of barbiturate groups is 1. The number of carbonyl (C=O) groups excluding carboxylic acids is 3. The number of imide groups is 2. The van der Waals surface area contributed by atoms with E-state index in [0.29, 0.717) is 28.1 Å². The third-order valence-corrected chi connectivity index (χ3v) is 5.90. The van der Waals surface area contributed by atoms with Crippen LogP contribution >= 0.6 is 27.5 Å². The Hall–Kier alpha value is -3.49. The third kappa shape index (κ3) is 4.88. The van der Waals surface area contributed by atoms with E-state index in [0.717, 1.165) is 9.37 Å². The van der Waals surface area contributed by atoms with E-state index in [1.165, 1.54) is 18.2 Å². The molecule has 1 heterocycles. The van der Waals surface area contributed by atoms with Crippen molar-refractivity contribution in [2.24, 2.45) is 0 Å². The first-order valence-electron chi connectivity index (χ1n) is 10.1. The highest BCUT2D eigenvalue weighted by Gasteiger charge is 2.37. The van der Waals surface area contributed by atoms with Crippen LogP contribution in [0.3, 0.4) is 0 Å². The summed E-state index contributed by atoms with van der Waals surface area (Å²) in [6.45, 7) is 1.73. The van der Waals surface area contributed by atoms with Crippen LogP contribution in [0, 0.1) is 12.7 Å². The van der Waals surface area contributed by atoms with Crippen molar-refractivity contribution in [3.8, 4) is 5.75 Å². The van der Waals surface area contributed by atoms with Crippen LogP contribution in [0.5, 0.6) is 5.75 Å². The second kappa shape index (κ2) is 9.79. The van der Waals surface area contributed by atoms with Gasteiger partial charge in [0.25, 0.3) is 11.8 Å². The zero-order chi connectivity index (χ0) is 24.4. The monoisotopic (exact) mass is 542 g/mol. The van der Waals surface area contributed by atoms with Crippen molar-refractivity contribution in [3.05, 3.63) is 98.2 Å². The molecule has 0 unspecified atom stereocenters. The molecule has 1 aliphatic heterocycles. The maximum Gasteiger partial charge on any atom is 0.335 e. The summed E-state index contributed by atoms with van der Waals surface area (Å²) in [5, 5.41) is 2.41. The van der Waals surface area contributed by atoms with E-state index in [-0.39, 0.29) is 23.0 Å². The van der Waals surface area contributed by atoms with E-state index in [9.17, 15) is 18.8 Å². The van der Waals surface area contributed by atoms with Gasteiger partial charge in [0, 0.05) is 10.0 Å². The van der Waals surface area contributed by atoms with Crippen LogP contribution in [-0.4, -0.2) is 17.8 Å². The lowest BCUT2D eigenvalue weighted by molar-refractivity contribution is -0.122. The number of hydrogen-bond acceptors (Lipinski definition) is 4. The summed E-state index contributed by atoms with van der Waals surface area (Å²) in [5.74, 6) is -1.64. The van der Waals surface area contributed by atoms with Crippen LogP contribution in [0.2, 0.25) is 5.02 Å². The number of nitrogens with zero attached hydrogens (tertiary/aromatic N) is 1. The number of carbonyl (C=O) groups is 3. The van der Waals surface area contributed by atoms with Gasteiger partial charge in [-0.25, -0.2) is 14.1 Å². The van der Waals surface area contributed by atoms with Gasteiger partial charge in [-0.3, -0.25) is 14.9 Å². The minimum absolute atomic E-state index is 0.0165. The van der Waals surface area contributed by atoms with Crippen molar-refractivity contribution in [2.75, 3.05) is 4.90 Å². The second-order valence-corrected chi connectivity index (χ2v) is 8.78. The van der Waals surface area contributed by atoms with Crippen LogP contribution in [-0.2, 0) is 16.2 Å². The molecule has 0 atom stereocenters. The largest absolute Gasteiger partial charge is 0.487 e. The summed E-state index contributed by atoms with van der Waals surface area (Å²) in [6.07, 6.45) is 1.35. The highest BCUT2D eigenvalue weighted by Crippen LogP contribution is 2.30. The standard InChI is InChI=1S/C25H17BrClFN2O4/c1-14-10-17(26)7-8-21(14)30-24(32)18(23(31)29-25(30)33)11-15-6-9-22(19(27)12-15)34-13-16-4-2-3-5-20(16)28/h2-12H,13H2,1H3,(H,29,31,33)/b18-11-. The minimum Gasteiger partial charge on any atom is -0.487 e. The number of nitrogens with one attached hydrogen (secondary N) is 1. The van der Waals surface area contributed by atoms with Crippen molar-refractivity contribution in [1.29, 1.82) is 0 Å². The molecule has 0 spiro atoms. The predicted molar refractivity (Wildman–Crippen MR) is 130 cm³/mol. The van der Waals surface area contributed by atoms with Crippen molar-refractivity contribution in [3.63, 3.8) is 0 Å². The highest BCUT2D eigenvalue weighted by molar-refractivity contribution is 9.10. The number of halogens is 3. The Morgan fingerprint density at radius 2 is 1.85 bits per heavy atom. The van der Waals surface area contributed by atoms with Crippen molar-refractivity contribution in [2.45, 2.75) is 13.5 Å². The number of urea groups is 1. The van der Waals surface area contributed by atoms with E-state index in [1.807, 2.05) is 0 Å². The average molecular weight is 544 g/mol. The fourth-order valence-electron chi connectivity index (χ4n) is 3.41. The lowest BCUT2D eigenvalue weighted by Gasteiger charge is -2.27. The van der Waals surface area contributed by atoms with Crippen LogP contribution in [0.15, 0.2) is 70.7 Å². The van der Waals surface area contributed by atoms with E-state index in [4.69, 9.17) is 16.3 Å². The Morgan fingerprint density at radius 1 is 1.09 bits per heavy atom. The first-order chi connectivity index (χ1) is 16.2. The van der Waals surface area contributed by atoms with E-state index < -0.39 is 17.8 Å². The molecule has 0 bridgehead atoms. The van der Waals surface area contributed by atoms with Crippen LogP contribution < -0.4 is 15.0 Å². The molecule has 3 aromatic carbocycles. The lowest BCUT2D eigenvalue weighted by Crippen LogP contribution is -2.54. The van der Waals surface area contributed by atoms with Gasteiger partial charge in [0.15, 0.2) is 0 Å². The Labute approximate surface area is 208 Å². The van der Waals surface area contributed by atoms with Crippen molar-refractivity contribution >= 4 is 57.1 Å². The molecule has 4 rings (SSSR count). The molecule has 0 saturated carbocycles. The summed E-state index contributed by atoms with van der Waals surface area (Å²) in [6, 6.07) is 15.1. The topological polar surface area (TPSA) is 75.7 Å². The van der Waals surface area contributed by atoms with E-state index in [1.54, 1.807) is 55.5 Å². The molecule has 9 heteroatoms. The van der Waals surface area contributed by atoms with Gasteiger partial charge in [0.05, 0.1) is 10.7 Å². The third-order valence-electron chi connectivity index (χ3n) is 5.11. The summed E-state index contributed by atoms with van der Waals surface area (Å²) in [4.78, 5) is 38.9. The molecule has 6 nitrogen and oxygen atoms in total. The van der Waals surface area contributed by atoms with Crippen LogP contribution in [0.25, 0.3) is 6.08 Å². The quantitative estimate of drug-likeness (QED) is 0.326. The normalized spacial score (nSPS) is 15.0. The number of benzene rings is 3. The molecule has 1 N–H and O–H groups in total. The Balaban J connectivity index is 1.59. The molecule has 0 radical (unpaired) electrons. The Morgan fingerprint density at radius 3 is 2.56 bits per heavy atom. The molecule has 3 aromatic rings. The first-order valence-corrected chi connectivity index (χ1v) is 11.2. The molecule has 172 valence electrons. The number of aryl methyl sites for hydroxylation is 1. The summed E-state index contributed by atoms with van der Waals surface area (Å²) in [7, 11) is 0. The fourth-order valence-corrected chi connectivity index (χ4v) is 4.13. The van der Waals surface area contributed by atoms with Crippen LogP contribution in [0.4, 0.5) is 14.9 Å². The first kappa shape index (κ1) is 23.7. The number of ether oxygens (including phenoxy) is 1. The fraction of sp³-hybridized carbons (Fsp3) is 0.0800. The van der Waals surface area contributed by atoms with Gasteiger partial charge in [-0.15, -0.1) is 0 Å². The van der Waals surface area contributed by atoms with Gasteiger partial charge in [-0.1, -0.05) is 51.8 Å². The molecule has 0 aromatic heterocycles. The van der Waals surface area contributed by atoms with Gasteiger partial charge >= 0.3 is 6.03 Å². The molecule has 1 aliphatic rings. The molecular weight excluding hydrogens is 527 g/mol. The van der Waals surface area contributed by atoms with Crippen molar-refractivity contribution in [1.82, 2.24) is 5.32 Å². The Kier molecular flexibility index (Phi) is 6.81. The second-order valence-electron chi connectivity index (χ2n) is 7.46. The van der Waals surface area contributed by atoms with Gasteiger partial charge in [-0.05, 0) is 60.5 Å². The Bertz CT molecular complexity index is 1360. The van der Waals surface area contributed by atoms with E-state index in [2.05, 4.69) is 21.2 Å². The highest BCUT2D eigenvalue weighted by atomic mass is 79.9. The van der Waals surface area contributed by atoms with Gasteiger partial charge in [0.2, 0.25) is 0 Å². The molecule has 34 heavy (non-hydrogen) atoms. The lowest BCUT2D eigenvalue weighted by atomic mass is 10.1. The van der Waals surface area contributed by atoms with Crippen molar-refractivity contribution < 1.29 is 23.5 Å². The zero-order valence-corrected chi connectivity index (χ0v) is 20.1. The minimum atomic E-state index is -0.826. The van der Waals surface area contributed by atoms with Gasteiger partial charge in [0.1, 0.15) is 23.7 Å². The average Bonchev–Trinajstić information content (AvgIpc) is 2.78. The summed E-state index contributed by atoms with van der Waals surface area (Å²) < 4.78 is 20.2. The number of amides is 4. The molecule has 1 saturated heterocycles. The van der Waals surface area contributed by atoms with Crippen LogP contribution in [0.1, 0.15) is 16.7 Å². The predicted octanol–water partition coefficient (Wildman–Crippen LogP) is 5.80. The summed E-state index contributed by atoms with van der Waals surface area (Å²) in [5.41, 5.74) is 1.63. The number of anilines is 1. The van der Waals surface area contributed by atoms with Gasteiger partial charge in [-0.2, -0.15) is 0 Å². The zero-order valence-electron chi connectivity index (χ0n) is 17.8. The maximum atomic E-state index is 13.8. The molecular formula is C25H17BrClFN2O4.